The van der Waals surface area contributed by atoms with Gasteiger partial charge in [-0.15, -0.1) is 0 Å². The van der Waals surface area contributed by atoms with E-state index < -0.39 is 25.5 Å². The van der Waals surface area contributed by atoms with E-state index >= 15 is 0 Å². The molecule has 0 unspecified atom stereocenters. The zero-order valence-electron chi connectivity index (χ0n) is 56.7. The number of aromatic nitrogens is 4. The first-order chi connectivity index (χ1) is 37.8. The van der Waals surface area contributed by atoms with Crippen molar-refractivity contribution in [3.63, 3.8) is 0 Å². The summed E-state index contributed by atoms with van der Waals surface area (Å²) >= 11 is 0. The van der Waals surface area contributed by atoms with Crippen LogP contribution >= 0.6 is 0 Å². The maximum atomic E-state index is 8.39. The maximum absolute atomic E-state index is 8.39. The lowest BCUT2D eigenvalue weighted by Crippen LogP contribution is -2.32. The predicted molar refractivity (Wildman–Crippen MR) is 315 cm³/mol. The lowest BCUT2D eigenvalue weighted by molar-refractivity contribution is -0.661. The highest BCUT2D eigenvalue weighted by molar-refractivity contribution is 5.66. The molecule has 0 fully saturated rings. The van der Waals surface area contributed by atoms with Crippen LogP contribution in [-0.4, -0.2) is 0 Å². The molecule has 74 heavy (non-hydrogen) atoms. The van der Waals surface area contributed by atoms with Crippen LogP contribution in [-0.2, 0) is 41.0 Å². The third-order valence-corrected chi connectivity index (χ3v) is 14.0. The minimum absolute atomic E-state index is 0.322. The molecule has 0 saturated heterocycles. The van der Waals surface area contributed by atoms with E-state index in [1.54, 1.807) is 36.9 Å². The second-order valence-corrected chi connectivity index (χ2v) is 22.8. The molecule has 4 heteroatoms. The molecule has 0 spiro atoms. The van der Waals surface area contributed by atoms with Crippen molar-refractivity contribution >= 4 is 0 Å². The molecule has 4 aromatic carbocycles. The van der Waals surface area contributed by atoms with Gasteiger partial charge < -0.3 is 0 Å². The Bertz CT molecular complexity index is 3560. The number of nitrogens with zero attached hydrogens (tertiary/aromatic N) is 4. The Balaban J connectivity index is 0.000000202. The van der Waals surface area contributed by atoms with E-state index in [4.69, 9.17) is 11.0 Å². The van der Waals surface area contributed by atoms with Gasteiger partial charge in [-0.25, -0.2) is 18.3 Å². The number of hydrogen-bond donors (Lipinski definition) is 0. The quantitative estimate of drug-likeness (QED) is 0.148. The van der Waals surface area contributed by atoms with Gasteiger partial charge in [0.1, 0.15) is 28.2 Å². The first-order valence-corrected chi connectivity index (χ1v) is 26.0. The molecule has 388 valence electrons. The van der Waals surface area contributed by atoms with Gasteiger partial charge in [0.05, 0.1) is 0 Å². The Kier molecular flexibility index (Phi) is 15.7. The van der Waals surface area contributed by atoms with Gasteiger partial charge in [-0.3, -0.25) is 0 Å². The molecule has 8 aromatic rings. The van der Waals surface area contributed by atoms with E-state index in [1.165, 1.54) is 72.6 Å². The summed E-state index contributed by atoms with van der Waals surface area (Å²) in [5.74, 6) is 0. The zero-order chi connectivity index (χ0) is 61.8. The van der Waals surface area contributed by atoms with Crippen LogP contribution in [0.4, 0.5) is 0 Å². The van der Waals surface area contributed by atoms with Crippen LogP contribution in [0.5, 0.6) is 0 Å². The van der Waals surface area contributed by atoms with Crippen LogP contribution in [0.25, 0.3) is 45.0 Å². The highest BCUT2D eigenvalue weighted by Crippen LogP contribution is 2.29. The summed E-state index contributed by atoms with van der Waals surface area (Å²) in [6, 6.07) is 37.2. The molecule has 4 aromatic heterocycles. The highest BCUT2D eigenvalue weighted by atomic mass is 14.9. The highest BCUT2D eigenvalue weighted by Gasteiger charge is 2.20. The van der Waals surface area contributed by atoms with Gasteiger partial charge in [0.25, 0.3) is 0 Å². The summed E-state index contributed by atoms with van der Waals surface area (Å²) in [7, 11) is 8.03. The molecular formula is C70H92N4+4. The van der Waals surface area contributed by atoms with E-state index in [0.29, 0.717) is 22.1 Å². The fraction of sp³-hybridized carbons (Fsp3) is 0.371. The molecule has 0 aliphatic carbocycles. The topological polar surface area (TPSA) is 15.5 Å². The SMILES string of the molecule is Cc1cc(-c2ccc(C)c(C)c2C)[n+](C)cc1C.Cc1ccccc1-c1ccc(CC(C)(C)C)c[n+]1C.[2H]C([2H])([2H])c1c[n+](C)c(-c2ccc(C([2H])([2H])[2H])c(C)c2C)cc1C.[2H]C([2H])(c1ccc(-c2ccccc2C)[n+](C)c1)C(C)(C)C. The third-order valence-electron chi connectivity index (χ3n) is 14.0. The van der Waals surface area contributed by atoms with Crippen LogP contribution in [0.3, 0.4) is 0 Å². The molecule has 8 rings (SSSR count). The smallest absolute Gasteiger partial charge is 0.201 e. The molecule has 4 heterocycles. The normalized spacial score (nSPS) is 13.4. The Morgan fingerprint density at radius 1 is 0.351 bits per heavy atom. The molecule has 0 N–H and O–H groups in total. The first-order valence-electron chi connectivity index (χ1n) is 30.0. The van der Waals surface area contributed by atoms with E-state index in [9.17, 15) is 0 Å². The average molecular weight is 998 g/mol. The van der Waals surface area contributed by atoms with Crippen molar-refractivity contribution in [1.29, 1.82) is 0 Å². The standard InChI is InChI=1S/2C18H24N.2C17H22N/c2*1-14-8-6-7-9-16(14)17-11-10-15(13-19(17)5)12-18(2,3)4;2*1-11-7-8-16(15(5)14(11)4)17-9-12(2)13(3)10-18(17)6/h2*6-11,13H,12H2,1-5H3;2*7-10H,1-6H3/q4*+1/i12D2;;1D3,3D3;. The van der Waals surface area contributed by atoms with Gasteiger partial charge in [0.15, 0.2) is 24.8 Å². The van der Waals surface area contributed by atoms with E-state index in [0.717, 1.165) is 40.1 Å². The maximum Gasteiger partial charge on any atom is 0.212 e. The minimum Gasteiger partial charge on any atom is -0.201 e. The van der Waals surface area contributed by atoms with Crippen LogP contribution in [0.15, 0.2) is 134 Å². The zero-order valence-corrected chi connectivity index (χ0v) is 48.7. The molecular weight excluding hydrogens is 897 g/mol. The van der Waals surface area contributed by atoms with E-state index in [2.05, 4.69) is 172 Å². The second-order valence-electron chi connectivity index (χ2n) is 22.8. The van der Waals surface area contributed by atoms with Gasteiger partial charge in [-0.1, -0.05) is 90.1 Å². The predicted octanol–water partition coefficient (Wildman–Crippen LogP) is 15.6. The van der Waals surface area contributed by atoms with Crippen LogP contribution in [0, 0.1) is 93.8 Å². The Hall–Kier alpha value is -6.52. The summed E-state index contributed by atoms with van der Waals surface area (Å²) in [6.07, 6.45) is 7.74. The lowest BCUT2D eigenvalue weighted by Gasteiger charge is -2.17. The van der Waals surface area contributed by atoms with Crippen molar-refractivity contribution in [2.75, 3.05) is 0 Å². The first kappa shape index (κ1) is 47.2. The molecule has 0 radical (unpaired) electrons. The summed E-state index contributed by atoms with van der Waals surface area (Å²) in [5, 5.41) is 0. The fourth-order valence-electron chi connectivity index (χ4n) is 9.28. The molecule has 0 atom stereocenters. The van der Waals surface area contributed by atoms with Gasteiger partial charge in [-0.05, 0) is 199 Å². The summed E-state index contributed by atoms with van der Waals surface area (Å²) < 4.78 is 70.8. The van der Waals surface area contributed by atoms with Gasteiger partial charge >= 0.3 is 0 Å². The van der Waals surface area contributed by atoms with Crippen LogP contribution < -0.4 is 18.3 Å². The molecule has 4 nitrogen and oxygen atoms in total. The van der Waals surface area contributed by atoms with Gasteiger partial charge in [0, 0.05) is 79.7 Å². The molecule has 0 aliphatic heterocycles. The van der Waals surface area contributed by atoms with Crippen LogP contribution in [0.1, 0.15) is 130 Å². The van der Waals surface area contributed by atoms with E-state index in [-0.39, 0.29) is 0 Å². The number of rotatable bonds is 6. The fourth-order valence-corrected chi connectivity index (χ4v) is 9.28. The van der Waals surface area contributed by atoms with Crippen molar-refractivity contribution in [3.8, 4) is 45.0 Å². The summed E-state index contributed by atoms with van der Waals surface area (Å²) in [5.41, 5.74) is 23.6. The molecule has 0 amide bonds. The number of aryl methyl sites for hydroxylation is 12. The van der Waals surface area contributed by atoms with Crippen molar-refractivity contribution in [3.05, 3.63) is 212 Å². The van der Waals surface area contributed by atoms with E-state index in [1.807, 2.05) is 82.8 Å². The monoisotopic (exact) mass is 997 g/mol. The largest absolute Gasteiger partial charge is 0.212 e. The molecule has 0 bridgehead atoms. The minimum atomic E-state index is -2.16. The Morgan fingerprint density at radius 3 is 1.20 bits per heavy atom. The number of benzene rings is 4. The summed E-state index contributed by atoms with van der Waals surface area (Å²) in [6.45, 7) is 29.0. The Labute approximate surface area is 460 Å². The van der Waals surface area contributed by atoms with Crippen molar-refractivity contribution in [1.82, 2.24) is 0 Å². The lowest BCUT2D eigenvalue weighted by atomic mass is 9.88. The van der Waals surface area contributed by atoms with Crippen molar-refractivity contribution < 1.29 is 29.2 Å². The molecule has 0 saturated carbocycles. The molecule has 0 aliphatic rings. The van der Waals surface area contributed by atoms with Crippen molar-refractivity contribution in [2.45, 2.75) is 137 Å². The van der Waals surface area contributed by atoms with Gasteiger partial charge in [0.2, 0.25) is 22.8 Å². The van der Waals surface area contributed by atoms with Crippen LogP contribution in [0.2, 0.25) is 0 Å². The third kappa shape index (κ3) is 15.3. The summed E-state index contributed by atoms with van der Waals surface area (Å²) in [4.78, 5) is 0. The number of hydrogen-bond acceptors (Lipinski definition) is 0. The van der Waals surface area contributed by atoms with Gasteiger partial charge in [-0.2, -0.15) is 0 Å². The van der Waals surface area contributed by atoms with Crippen molar-refractivity contribution in [2.24, 2.45) is 39.0 Å². The number of pyridine rings is 4. The second kappa shape index (κ2) is 24.7. The average Bonchev–Trinajstić information content (AvgIpc) is 3.54. The Morgan fingerprint density at radius 2 is 0.757 bits per heavy atom.